The van der Waals surface area contributed by atoms with E-state index in [0.717, 1.165) is 111 Å². The van der Waals surface area contributed by atoms with Gasteiger partial charge in [0.05, 0.1) is 14.4 Å². The number of hydrogen-bond acceptors (Lipinski definition) is 20. The number of ketones is 5. The van der Waals surface area contributed by atoms with E-state index in [1.165, 1.54) is 57.6 Å². The number of hydrogen-bond donors (Lipinski definition) is 4. The van der Waals surface area contributed by atoms with Crippen molar-refractivity contribution in [2.24, 2.45) is 0 Å². The molecule has 1 unspecified atom stereocenters. The second-order valence-electron chi connectivity index (χ2n) is 22.3. The Morgan fingerprint density at radius 3 is 0.621 bits per heavy atom. The zero-order valence-corrected chi connectivity index (χ0v) is 71.8. The number of thioether (sulfide) groups is 4. The van der Waals surface area contributed by atoms with Gasteiger partial charge in [0.1, 0.15) is 28.9 Å². The normalized spacial score (nSPS) is 12.9. The number of allylic oxidation sites excluding steroid dienone is 15. The highest BCUT2D eigenvalue weighted by Crippen LogP contribution is 2.50. The van der Waals surface area contributed by atoms with Crippen molar-refractivity contribution in [2.75, 3.05) is 79.7 Å². The summed E-state index contributed by atoms with van der Waals surface area (Å²) < 4.78 is 28.8. The number of thiol groups is 4. The fraction of sp³-hybridized carbons (Fsp3) is 0.658. The lowest BCUT2D eigenvalue weighted by molar-refractivity contribution is -0.339. The molecule has 0 aliphatic heterocycles. The van der Waals surface area contributed by atoms with Crippen LogP contribution in [0.3, 0.4) is 0 Å². The molecule has 0 heterocycles. The first-order valence-corrected chi connectivity index (χ1v) is 44.2. The zero-order valence-electron chi connectivity index (χ0n) is 63.2. The third kappa shape index (κ3) is 112. The molecule has 0 amide bonds. The van der Waals surface area contributed by atoms with Gasteiger partial charge in [0, 0.05) is 55.1 Å². The smallest absolute Gasteiger partial charge is 0.272 e. The number of phosphoric ester groups is 1. The van der Waals surface area contributed by atoms with Crippen LogP contribution in [0.15, 0.2) is 116 Å². The van der Waals surface area contributed by atoms with Crippen molar-refractivity contribution >= 4 is 142 Å². The first-order chi connectivity index (χ1) is 44.6. The van der Waals surface area contributed by atoms with Crippen molar-refractivity contribution in [3.8, 4) is 0 Å². The quantitative estimate of drug-likeness (QED) is 0.0254. The summed E-state index contributed by atoms with van der Waals surface area (Å²) >= 11 is 21.5. The molecule has 0 saturated carbocycles. The van der Waals surface area contributed by atoms with Gasteiger partial charge in [-0.1, -0.05) is 116 Å². The maximum atomic E-state index is 11.0. The minimum absolute atomic E-state index is 0.135. The van der Waals surface area contributed by atoms with Crippen LogP contribution < -0.4 is 14.7 Å². The molecule has 0 aliphatic carbocycles. The van der Waals surface area contributed by atoms with Crippen LogP contribution in [-0.4, -0.2) is 109 Å². The van der Waals surface area contributed by atoms with Gasteiger partial charge < -0.3 is 47.7 Å². The Morgan fingerprint density at radius 2 is 0.463 bits per heavy atom. The Morgan fingerprint density at radius 1 is 0.295 bits per heavy atom. The molecule has 0 aromatic carbocycles. The van der Waals surface area contributed by atoms with E-state index >= 15 is 0 Å². The molecular formula is C73H133O12P2S8-3. The van der Waals surface area contributed by atoms with Crippen molar-refractivity contribution in [1.29, 1.82) is 0 Å². The largest absolute Gasteiger partial charge is 0.790 e. The average molecular weight is 1520 g/mol. The predicted octanol–water partition coefficient (Wildman–Crippen LogP) is 21.1. The zero-order chi connectivity index (χ0) is 75.7. The molecule has 0 N–H and O–H groups in total. The molecule has 0 spiro atoms. The van der Waals surface area contributed by atoms with Crippen LogP contribution in [0.1, 0.15) is 232 Å². The Hall–Kier alpha value is -1.19. The molecule has 0 bridgehead atoms. The summed E-state index contributed by atoms with van der Waals surface area (Å²) in [4.78, 5) is 85.5. The van der Waals surface area contributed by atoms with E-state index in [1.54, 1.807) is 59.6 Å². The van der Waals surface area contributed by atoms with E-state index < -0.39 is 22.3 Å². The van der Waals surface area contributed by atoms with Crippen molar-refractivity contribution in [1.82, 2.24) is 0 Å². The SMILES string of the molecule is CC(=O)CC/C(C)=C/CC/C(C)=C/COP(=O)([O-])OP(=O)([O-])[O-].CS.CS.CS.CS.CSC/C=C(\C)CC/C=C(\C)CCC(C)=O.CSC/C=C(\C)CC/C=C(\C)CCC(C)=O.CSC/C=C(\C)CC/C=C(\C)CCC(C)=O.CSC/C=C(\C)CC/C=C(\C)CCC(C)=O. The molecule has 0 saturated heterocycles. The van der Waals surface area contributed by atoms with Gasteiger partial charge in [-0.3, -0.25) is 8.88 Å². The fourth-order valence-corrected chi connectivity index (χ4v) is 10.2. The van der Waals surface area contributed by atoms with Crippen molar-refractivity contribution in [2.45, 2.75) is 232 Å². The van der Waals surface area contributed by atoms with Crippen LogP contribution in [0.5, 0.6) is 0 Å². The van der Waals surface area contributed by atoms with E-state index in [4.69, 9.17) is 0 Å². The lowest BCUT2D eigenvalue weighted by Crippen LogP contribution is -2.19. The summed E-state index contributed by atoms with van der Waals surface area (Å²) in [6.45, 7) is 28.6. The summed E-state index contributed by atoms with van der Waals surface area (Å²) in [7, 11) is -10.8. The maximum absolute atomic E-state index is 11.0. The summed E-state index contributed by atoms with van der Waals surface area (Å²) in [5, 5.41) is 0. The average Bonchev–Trinajstić information content (AvgIpc) is 0.986. The monoisotopic (exact) mass is 1520 g/mol. The van der Waals surface area contributed by atoms with E-state index in [9.17, 15) is 47.8 Å². The molecule has 0 radical (unpaired) electrons. The van der Waals surface area contributed by atoms with Gasteiger partial charge in [0.25, 0.3) is 7.82 Å². The topological polar surface area (TPSA) is 207 Å². The lowest BCUT2D eigenvalue weighted by atomic mass is 10.1. The first-order valence-electron chi connectivity index (χ1n) is 32.1. The number of carbonyl (C=O) groups excluding carboxylic acids is 5. The van der Waals surface area contributed by atoms with Gasteiger partial charge in [0.15, 0.2) is 0 Å². The molecular weight excluding hydrogens is 1390 g/mol. The number of Topliss-reactive ketones (excluding diaryl/α,β-unsaturated/α-hetero) is 5. The minimum Gasteiger partial charge on any atom is -0.790 e. The van der Waals surface area contributed by atoms with Gasteiger partial charge in [-0.05, 0) is 250 Å². The van der Waals surface area contributed by atoms with Crippen molar-refractivity contribution < 1.29 is 56.6 Å². The molecule has 12 nitrogen and oxygen atoms in total. The standard InChI is InChI=1S/4C14H24OS.C13H24O8P2.4CH4S/c4*1-12(8-9-14(3)15)6-5-7-13(2)10-11-16-4;1-11(7-8-13(3)14)5-4-6-12(2)9-10-20-23(18,19)21-22(15,16)17;4*1-2/h4*6,10H,5,7-9,11H2,1-4H3;5,9H,4,6-8,10H2,1-3H3,(H,18,19)(H2,15,16,17);4*2H,1H3/p-3/b4*12-6+,13-10+;11-5+,12-9+;;;;. The van der Waals surface area contributed by atoms with Gasteiger partial charge in [-0.15, -0.1) is 0 Å². The van der Waals surface area contributed by atoms with Crippen LogP contribution in [0.4, 0.5) is 0 Å². The summed E-state index contributed by atoms with van der Waals surface area (Å²) in [5.74, 6) is 5.70. The number of carbonyl (C=O) groups is 5. The third-order valence-electron chi connectivity index (χ3n) is 12.8. The van der Waals surface area contributed by atoms with Gasteiger partial charge in [0.2, 0.25) is 0 Å². The molecule has 22 heteroatoms. The van der Waals surface area contributed by atoms with Crippen LogP contribution >= 0.6 is 113 Å². The predicted molar refractivity (Wildman–Crippen MR) is 439 cm³/mol. The fourth-order valence-electron chi connectivity index (χ4n) is 6.94. The molecule has 0 fully saturated rings. The van der Waals surface area contributed by atoms with Crippen LogP contribution in [0, 0.1) is 0 Å². The number of phosphoric acid groups is 2. The molecule has 95 heavy (non-hydrogen) atoms. The molecule has 0 aliphatic rings. The maximum Gasteiger partial charge on any atom is 0.272 e. The third-order valence-corrected chi connectivity index (χ3v) is 16.8. The molecule has 0 aromatic rings. The lowest BCUT2D eigenvalue weighted by Gasteiger charge is -2.34. The Bertz CT molecular complexity index is 2140. The van der Waals surface area contributed by atoms with Crippen LogP contribution in [0.25, 0.3) is 0 Å². The van der Waals surface area contributed by atoms with E-state index in [-0.39, 0.29) is 28.9 Å². The van der Waals surface area contributed by atoms with Gasteiger partial charge in [-0.2, -0.15) is 97.6 Å². The Labute approximate surface area is 622 Å². The Kier molecular flexibility index (Phi) is 98.7. The first kappa shape index (κ1) is 112. The van der Waals surface area contributed by atoms with Crippen LogP contribution in [-0.2, 0) is 41.9 Å². The van der Waals surface area contributed by atoms with E-state index in [1.807, 2.05) is 60.0 Å². The second-order valence-corrected chi connectivity index (χ2v) is 28.6. The van der Waals surface area contributed by atoms with Crippen molar-refractivity contribution in [3.05, 3.63) is 116 Å². The highest BCUT2D eigenvalue weighted by atomic mass is 32.2. The molecule has 0 rings (SSSR count). The molecule has 1 atom stereocenters. The van der Waals surface area contributed by atoms with Gasteiger partial charge in [-0.25, -0.2) is 0 Å². The summed E-state index contributed by atoms with van der Waals surface area (Å²) in [6, 6.07) is 0. The Balaban J connectivity index is -0.000000136. The summed E-state index contributed by atoms with van der Waals surface area (Å²) in [5.41, 5.74) is 13.1. The van der Waals surface area contributed by atoms with E-state index in [2.05, 4.69) is 188 Å². The molecule has 558 valence electrons. The van der Waals surface area contributed by atoms with Gasteiger partial charge >= 0.3 is 0 Å². The van der Waals surface area contributed by atoms with E-state index in [0.29, 0.717) is 51.4 Å². The van der Waals surface area contributed by atoms with Crippen molar-refractivity contribution in [3.63, 3.8) is 0 Å². The second kappa shape index (κ2) is 83.5. The molecule has 0 aromatic heterocycles. The summed E-state index contributed by atoms with van der Waals surface area (Å²) in [6.07, 6.45) is 54.9. The highest BCUT2D eigenvalue weighted by molar-refractivity contribution is 7.99. The van der Waals surface area contributed by atoms with Crippen LogP contribution in [0.2, 0.25) is 0 Å². The number of rotatable bonds is 43. The minimum atomic E-state index is -5.65. The highest BCUT2D eigenvalue weighted by Gasteiger charge is 2.11.